The summed E-state index contributed by atoms with van der Waals surface area (Å²) in [6, 6.07) is 6.82. The smallest absolute Gasteiger partial charge is 0.335 e. The Morgan fingerprint density at radius 1 is 1.19 bits per heavy atom. The summed E-state index contributed by atoms with van der Waals surface area (Å²) in [5.74, 6) is -1.28. The Hall–Kier alpha value is -1.84. The molecule has 0 aromatic heterocycles. The van der Waals surface area contributed by atoms with Crippen molar-refractivity contribution in [2.75, 3.05) is 0 Å². The molecule has 4 heteroatoms. The van der Waals surface area contributed by atoms with Crippen molar-refractivity contribution in [1.29, 1.82) is 0 Å². The Bertz CT molecular complexity index is 472. The van der Waals surface area contributed by atoms with Crippen molar-refractivity contribution < 1.29 is 19.8 Å². The zero-order valence-electron chi connectivity index (χ0n) is 13.5. The minimum Gasteiger partial charge on any atom is -0.481 e. The van der Waals surface area contributed by atoms with E-state index in [0.717, 1.165) is 12.0 Å². The van der Waals surface area contributed by atoms with Gasteiger partial charge in [0.05, 0.1) is 5.56 Å². The van der Waals surface area contributed by atoms with Gasteiger partial charge in [-0.25, -0.2) is 4.79 Å². The van der Waals surface area contributed by atoms with Crippen LogP contribution in [0.1, 0.15) is 56.5 Å². The van der Waals surface area contributed by atoms with E-state index in [1.54, 1.807) is 18.2 Å². The third kappa shape index (κ3) is 10.6. The quantitative estimate of drug-likeness (QED) is 0.871. The van der Waals surface area contributed by atoms with Crippen molar-refractivity contribution in [2.24, 2.45) is 11.3 Å². The number of aromatic carboxylic acids is 1. The molecule has 118 valence electrons. The Balaban J connectivity index is 0.000000382. The lowest BCUT2D eigenvalue weighted by Gasteiger charge is -2.21. The van der Waals surface area contributed by atoms with Gasteiger partial charge in [-0.1, -0.05) is 45.4 Å². The summed E-state index contributed by atoms with van der Waals surface area (Å²) in [6.45, 7) is 10.2. The van der Waals surface area contributed by atoms with Gasteiger partial charge < -0.3 is 10.2 Å². The molecule has 0 saturated heterocycles. The van der Waals surface area contributed by atoms with Crippen molar-refractivity contribution in [3.8, 4) is 0 Å². The third-order valence-corrected chi connectivity index (χ3v) is 2.75. The van der Waals surface area contributed by atoms with Gasteiger partial charge in [-0.2, -0.15) is 0 Å². The maximum absolute atomic E-state index is 10.4. The molecule has 1 rings (SSSR count). The molecule has 0 bridgehead atoms. The number of aliphatic carboxylic acids is 1. The van der Waals surface area contributed by atoms with Crippen LogP contribution in [0.3, 0.4) is 0 Å². The van der Waals surface area contributed by atoms with E-state index in [1.807, 2.05) is 19.9 Å². The topological polar surface area (TPSA) is 74.6 Å². The molecule has 4 nitrogen and oxygen atoms in total. The molecule has 1 unspecified atom stereocenters. The normalized spacial score (nSPS) is 12.0. The van der Waals surface area contributed by atoms with Gasteiger partial charge in [-0.3, -0.25) is 4.79 Å². The van der Waals surface area contributed by atoms with Gasteiger partial charge >= 0.3 is 11.9 Å². The van der Waals surface area contributed by atoms with Crippen LogP contribution in [0.5, 0.6) is 0 Å². The predicted molar refractivity (Wildman–Crippen MR) is 83.6 cm³/mol. The Morgan fingerprint density at radius 2 is 1.76 bits per heavy atom. The second-order valence-electron chi connectivity index (χ2n) is 6.64. The highest BCUT2D eigenvalue weighted by Crippen LogP contribution is 2.25. The molecule has 0 aliphatic rings. The summed E-state index contributed by atoms with van der Waals surface area (Å²) in [5, 5.41) is 17.0. The summed E-state index contributed by atoms with van der Waals surface area (Å²) in [5.41, 5.74) is 1.56. The van der Waals surface area contributed by atoms with Crippen molar-refractivity contribution in [2.45, 2.75) is 47.5 Å². The monoisotopic (exact) mass is 294 g/mol. The molecule has 1 atom stereocenters. The lowest BCUT2D eigenvalue weighted by Crippen LogP contribution is -2.13. The summed E-state index contributed by atoms with van der Waals surface area (Å²) >= 11 is 0. The molecular weight excluding hydrogens is 268 g/mol. The van der Waals surface area contributed by atoms with Crippen LogP contribution in [0.2, 0.25) is 0 Å². The maximum Gasteiger partial charge on any atom is 0.335 e. The van der Waals surface area contributed by atoms with Crippen LogP contribution in [-0.2, 0) is 4.79 Å². The highest BCUT2D eigenvalue weighted by Gasteiger charge is 2.16. The van der Waals surface area contributed by atoms with Crippen LogP contribution < -0.4 is 0 Å². The lowest BCUT2D eigenvalue weighted by atomic mass is 9.84. The van der Waals surface area contributed by atoms with Crippen LogP contribution in [0.25, 0.3) is 0 Å². The van der Waals surface area contributed by atoms with Crippen molar-refractivity contribution in [3.05, 3.63) is 35.4 Å². The largest absolute Gasteiger partial charge is 0.481 e. The second kappa shape index (κ2) is 8.45. The Labute approximate surface area is 126 Å². The van der Waals surface area contributed by atoms with Crippen LogP contribution in [0.15, 0.2) is 24.3 Å². The minimum absolute atomic E-state index is 0.245. The number of carbonyl (C=O) groups is 2. The standard InChI is InChI=1S/C9H18O2.C8H8O2/c1-7(5-8(10)11)6-9(2,3)4;1-6-3-2-4-7(5-6)8(9)10/h7H,5-6H2,1-4H3,(H,10,11);2-5H,1H3,(H,9,10). The van der Waals surface area contributed by atoms with Crippen LogP contribution in [0.4, 0.5) is 0 Å². The molecule has 0 aliphatic carbocycles. The molecule has 0 heterocycles. The highest BCUT2D eigenvalue weighted by atomic mass is 16.4. The molecule has 0 spiro atoms. The van der Waals surface area contributed by atoms with Gasteiger partial charge in [0.25, 0.3) is 0 Å². The number of aryl methyl sites for hydroxylation is 1. The number of hydrogen-bond acceptors (Lipinski definition) is 2. The van der Waals surface area contributed by atoms with E-state index in [4.69, 9.17) is 10.2 Å². The second-order valence-corrected chi connectivity index (χ2v) is 6.64. The predicted octanol–water partition coefficient (Wildman–Crippen LogP) is 4.23. The van der Waals surface area contributed by atoms with Crippen LogP contribution in [0, 0.1) is 18.3 Å². The Morgan fingerprint density at radius 3 is 2.10 bits per heavy atom. The molecule has 1 aromatic carbocycles. The molecule has 0 fully saturated rings. The third-order valence-electron chi connectivity index (χ3n) is 2.75. The van der Waals surface area contributed by atoms with E-state index in [2.05, 4.69) is 20.8 Å². The maximum atomic E-state index is 10.4. The van der Waals surface area contributed by atoms with Gasteiger partial charge in [0.1, 0.15) is 0 Å². The van der Waals surface area contributed by atoms with E-state index >= 15 is 0 Å². The minimum atomic E-state index is -0.872. The van der Waals surface area contributed by atoms with Gasteiger partial charge in [-0.15, -0.1) is 0 Å². The number of carboxylic acid groups (broad SMARTS) is 2. The van der Waals surface area contributed by atoms with Crippen molar-refractivity contribution in [1.82, 2.24) is 0 Å². The number of hydrogen-bond donors (Lipinski definition) is 2. The van der Waals surface area contributed by atoms with Gasteiger partial charge in [0.2, 0.25) is 0 Å². The molecule has 0 saturated carbocycles. The van der Waals surface area contributed by atoms with E-state index in [1.165, 1.54) is 0 Å². The fourth-order valence-electron chi connectivity index (χ4n) is 2.19. The number of carboxylic acids is 2. The molecule has 0 radical (unpaired) electrons. The summed E-state index contributed by atoms with van der Waals surface area (Å²) in [4.78, 5) is 20.6. The lowest BCUT2D eigenvalue weighted by molar-refractivity contribution is -0.138. The Kier molecular flexibility index (Phi) is 7.71. The molecule has 0 amide bonds. The molecule has 1 aromatic rings. The van der Waals surface area contributed by atoms with Crippen LogP contribution >= 0.6 is 0 Å². The van der Waals surface area contributed by atoms with Crippen LogP contribution in [-0.4, -0.2) is 22.2 Å². The fraction of sp³-hybridized carbons (Fsp3) is 0.529. The van der Waals surface area contributed by atoms with E-state index in [-0.39, 0.29) is 17.8 Å². The summed E-state index contributed by atoms with van der Waals surface area (Å²) in [7, 11) is 0. The molecule has 0 aliphatic heterocycles. The summed E-state index contributed by atoms with van der Waals surface area (Å²) < 4.78 is 0. The van der Waals surface area contributed by atoms with E-state index in [0.29, 0.717) is 5.56 Å². The highest BCUT2D eigenvalue weighted by molar-refractivity contribution is 5.87. The van der Waals surface area contributed by atoms with Gasteiger partial charge in [-0.05, 0) is 36.8 Å². The zero-order chi connectivity index (χ0) is 16.6. The zero-order valence-corrected chi connectivity index (χ0v) is 13.5. The van der Waals surface area contributed by atoms with E-state index in [9.17, 15) is 9.59 Å². The van der Waals surface area contributed by atoms with Crippen molar-refractivity contribution >= 4 is 11.9 Å². The molecular formula is C17H26O4. The SMILES string of the molecule is CC(CC(=O)O)CC(C)(C)C.Cc1cccc(C(=O)O)c1. The number of rotatable bonds is 4. The van der Waals surface area contributed by atoms with E-state index < -0.39 is 11.9 Å². The first-order valence-electron chi connectivity index (χ1n) is 7.03. The first-order chi connectivity index (χ1) is 9.51. The average Bonchev–Trinajstić information content (AvgIpc) is 2.25. The fourth-order valence-corrected chi connectivity index (χ4v) is 2.19. The first kappa shape index (κ1) is 19.2. The summed E-state index contributed by atoms with van der Waals surface area (Å²) in [6.07, 6.45) is 1.26. The molecule has 2 N–H and O–H groups in total. The van der Waals surface area contributed by atoms with Crippen molar-refractivity contribution in [3.63, 3.8) is 0 Å². The number of benzene rings is 1. The molecule has 21 heavy (non-hydrogen) atoms. The van der Waals surface area contributed by atoms with Gasteiger partial charge in [0.15, 0.2) is 0 Å². The first-order valence-corrected chi connectivity index (χ1v) is 7.03. The average molecular weight is 294 g/mol. The van der Waals surface area contributed by atoms with Gasteiger partial charge in [0, 0.05) is 6.42 Å².